The SMILES string of the molecule is COc1cc([N+](=O)[O-])ccc1-c1ccc(C=C2SC(=S)N(C3CCCCC3)C2=O)o1. The van der Waals surface area contributed by atoms with Gasteiger partial charge in [0.2, 0.25) is 0 Å². The molecule has 1 saturated heterocycles. The zero-order chi connectivity index (χ0) is 21.3. The second-order valence-electron chi connectivity index (χ2n) is 7.19. The van der Waals surface area contributed by atoms with Crippen molar-refractivity contribution in [3.63, 3.8) is 0 Å². The summed E-state index contributed by atoms with van der Waals surface area (Å²) in [6.45, 7) is 0. The Bertz CT molecular complexity index is 1040. The largest absolute Gasteiger partial charge is 0.496 e. The Morgan fingerprint density at radius 1 is 1.27 bits per heavy atom. The van der Waals surface area contributed by atoms with E-state index in [9.17, 15) is 14.9 Å². The van der Waals surface area contributed by atoms with Crippen molar-refractivity contribution < 1.29 is 18.9 Å². The van der Waals surface area contributed by atoms with Gasteiger partial charge in [0, 0.05) is 18.2 Å². The molecule has 1 amide bonds. The Kier molecular flexibility index (Phi) is 5.92. The van der Waals surface area contributed by atoms with E-state index in [1.165, 1.54) is 37.4 Å². The van der Waals surface area contributed by atoms with E-state index in [0.717, 1.165) is 25.7 Å². The van der Waals surface area contributed by atoms with Gasteiger partial charge in [0.05, 0.1) is 28.6 Å². The van der Waals surface area contributed by atoms with Gasteiger partial charge < -0.3 is 9.15 Å². The van der Waals surface area contributed by atoms with Crippen molar-refractivity contribution in [1.29, 1.82) is 0 Å². The summed E-state index contributed by atoms with van der Waals surface area (Å²) < 4.78 is 11.8. The third-order valence-corrected chi connectivity index (χ3v) is 6.66. The van der Waals surface area contributed by atoms with Crippen molar-refractivity contribution in [1.82, 2.24) is 4.90 Å². The molecule has 2 aliphatic rings. The highest BCUT2D eigenvalue weighted by Crippen LogP contribution is 2.39. The summed E-state index contributed by atoms with van der Waals surface area (Å²) in [6.07, 6.45) is 7.14. The van der Waals surface area contributed by atoms with Crippen LogP contribution < -0.4 is 4.74 Å². The lowest BCUT2D eigenvalue weighted by Crippen LogP contribution is -2.39. The maximum absolute atomic E-state index is 12.9. The highest BCUT2D eigenvalue weighted by molar-refractivity contribution is 8.26. The number of carbonyl (C=O) groups excluding carboxylic acids is 1. The number of nitrogens with zero attached hydrogens (tertiary/aromatic N) is 2. The van der Waals surface area contributed by atoms with Crippen LogP contribution in [0.15, 0.2) is 39.7 Å². The van der Waals surface area contributed by atoms with Gasteiger partial charge in [-0.05, 0) is 31.0 Å². The molecule has 1 aliphatic heterocycles. The molecule has 30 heavy (non-hydrogen) atoms. The van der Waals surface area contributed by atoms with E-state index < -0.39 is 4.92 Å². The molecule has 0 spiro atoms. The summed E-state index contributed by atoms with van der Waals surface area (Å²) in [5.74, 6) is 1.28. The van der Waals surface area contributed by atoms with Gasteiger partial charge in [-0.25, -0.2) is 0 Å². The molecule has 1 saturated carbocycles. The van der Waals surface area contributed by atoms with Crippen molar-refractivity contribution >= 4 is 46.0 Å². The molecule has 0 atom stereocenters. The van der Waals surface area contributed by atoms with Gasteiger partial charge in [-0.1, -0.05) is 43.2 Å². The van der Waals surface area contributed by atoms with Crippen LogP contribution in [0, 0.1) is 10.1 Å². The third-order valence-electron chi connectivity index (χ3n) is 5.32. The summed E-state index contributed by atoms with van der Waals surface area (Å²) in [5.41, 5.74) is 0.534. The second-order valence-corrected chi connectivity index (χ2v) is 8.86. The monoisotopic (exact) mass is 444 g/mol. The number of furan rings is 1. The molecule has 1 aromatic heterocycles. The maximum Gasteiger partial charge on any atom is 0.273 e. The first-order valence-electron chi connectivity index (χ1n) is 9.67. The van der Waals surface area contributed by atoms with Crippen LogP contribution in [0.4, 0.5) is 5.69 Å². The molecule has 9 heteroatoms. The Labute approximate surface area is 183 Å². The van der Waals surface area contributed by atoms with E-state index in [2.05, 4.69) is 0 Å². The molecular formula is C21H20N2O5S2. The summed E-state index contributed by atoms with van der Waals surface area (Å²) in [4.78, 5) is 25.7. The predicted octanol–water partition coefficient (Wildman–Crippen LogP) is 5.40. The molecule has 0 radical (unpaired) electrons. The van der Waals surface area contributed by atoms with Crippen LogP contribution >= 0.6 is 24.0 Å². The van der Waals surface area contributed by atoms with Crippen molar-refractivity contribution in [3.8, 4) is 17.1 Å². The van der Waals surface area contributed by atoms with Crippen LogP contribution in [0.25, 0.3) is 17.4 Å². The molecular weight excluding hydrogens is 424 g/mol. The number of ether oxygens (including phenoxy) is 1. The van der Waals surface area contributed by atoms with Gasteiger partial charge in [-0.3, -0.25) is 19.8 Å². The number of nitro benzene ring substituents is 1. The number of rotatable bonds is 5. The minimum atomic E-state index is -0.478. The Morgan fingerprint density at radius 3 is 2.73 bits per heavy atom. The molecule has 0 N–H and O–H groups in total. The predicted molar refractivity (Wildman–Crippen MR) is 119 cm³/mol. The number of hydrogen-bond acceptors (Lipinski definition) is 7. The lowest BCUT2D eigenvalue weighted by atomic mass is 9.94. The van der Waals surface area contributed by atoms with Gasteiger partial charge in [-0.15, -0.1) is 0 Å². The van der Waals surface area contributed by atoms with E-state index in [0.29, 0.717) is 32.1 Å². The first-order valence-corrected chi connectivity index (χ1v) is 10.9. The molecule has 0 unspecified atom stereocenters. The number of nitro groups is 1. The first-order chi connectivity index (χ1) is 14.5. The quantitative estimate of drug-likeness (QED) is 0.264. The van der Waals surface area contributed by atoms with E-state index >= 15 is 0 Å². The van der Waals surface area contributed by atoms with Crippen molar-refractivity contribution in [2.24, 2.45) is 0 Å². The Morgan fingerprint density at radius 2 is 2.03 bits per heavy atom. The van der Waals surface area contributed by atoms with Crippen molar-refractivity contribution in [2.75, 3.05) is 7.11 Å². The minimum Gasteiger partial charge on any atom is -0.496 e. The number of benzene rings is 1. The molecule has 4 rings (SSSR count). The van der Waals surface area contributed by atoms with Crippen LogP contribution in [0.5, 0.6) is 5.75 Å². The highest BCUT2D eigenvalue weighted by atomic mass is 32.2. The van der Waals surface area contributed by atoms with Gasteiger partial charge in [0.25, 0.3) is 11.6 Å². The fraction of sp³-hybridized carbons (Fsp3) is 0.333. The lowest BCUT2D eigenvalue weighted by Gasteiger charge is -2.29. The number of thioether (sulfide) groups is 1. The highest BCUT2D eigenvalue weighted by Gasteiger charge is 2.37. The molecule has 0 bridgehead atoms. The number of non-ortho nitro benzene ring substituents is 1. The average molecular weight is 445 g/mol. The zero-order valence-corrected chi connectivity index (χ0v) is 18.0. The molecule has 7 nitrogen and oxygen atoms in total. The van der Waals surface area contributed by atoms with E-state index in [-0.39, 0.29) is 17.6 Å². The molecule has 2 heterocycles. The smallest absolute Gasteiger partial charge is 0.273 e. The summed E-state index contributed by atoms with van der Waals surface area (Å²) in [6, 6.07) is 8.03. The normalized spacial score (nSPS) is 19.0. The number of amides is 1. The first kappa shape index (κ1) is 20.6. The van der Waals surface area contributed by atoms with Crippen molar-refractivity contribution in [2.45, 2.75) is 38.1 Å². The van der Waals surface area contributed by atoms with Crippen LogP contribution in [0.2, 0.25) is 0 Å². The number of hydrogen-bond donors (Lipinski definition) is 0. The molecule has 2 aromatic rings. The summed E-state index contributed by atoms with van der Waals surface area (Å²) in [7, 11) is 1.45. The van der Waals surface area contributed by atoms with Gasteiger partial charge in [0.1, 0.15) is 21.6 Å². The fourth-order valence-corrected chi connectivity index (χ4v) is 5.22. The van der Waals surface area contributed by atoms with E-state index in [1.54, 1.807) is 29.2 Å². The Balaban J connectivity index is 1.57. The summed E-state index contributed by atoms with van der Waals surface area (Å²) in [5, 5.41) is 11.0. The molecule has 1 aromatic carbocycles. The molecule has 156 valence electrons. The minimum absolute atomic E-state index is 0.0613. The van der Waals surface area contributed by atoms with Crippen LogP contribution in [0.3, 0.4) is 0 Å². The van der Waals surface area contributed by atoms with Crippen molar-refractivity contribution in [3.05, 3.63) is 51.1 Å². The van der Waals surface area contributed by atoms with E-state index in [1.807, 2.05) is 0 Å². The van der Waals surface area contributed by atoms with Gasteiger partial charge in [-0.2, -0.15) is 0 Å². The zero-order valence-electron chi connectivity index (χ0n) is 16.3. The topological polar surface area (TPSA) is 85.8 Å². The molecule has 1 aliphatic carbocycles. The molecule has 2 fully saturated rings. The summed E-state index contributed by atoms with van der Waals surface area (Å²) >= 11 is 6.76. The third kappa shape index (κ3) is 3.99. The van der Waals surface area contributed by atoms with Gasteiger partial charge in [0.15, 0.2) is 0 Å². The van der Waals surface area contributed by atoms with Crippen LogP contribution in [0.1, 0.15) is 37.9 Å². The standard InChI is InChI=1S/C21H20N2O5S2/c1-27-18-11-14(23(25)26)7-9-16(18)17-10-8-15(28-17)12-19-20(24)22(21(29)30-19)13-5-3-2-4-6-13/h7-13H,2-6H2,1H3. The van der Waals surface area contributed by atoms with Crippen LogP contribution in [-0.4, -0.2) is 33.2 Å². The number of carbonyl (C=O) groups is 1. The van der Waals surface area contributed by atoms with Crippen LogP contribution in [-0.2, 0) is 4.79 Å². The number of thiocarbonyl (C=S) groups is 1. The fourth-order valence-electron chi connectivity index (χ4n) is 3.84. The number of methoxy groups -OCH3 is 1. The second kappa shape index (κ2) is 8.61. The average Bonchev–Trinajstić information content (AvgIpc) is 3.32. The van der Waals surface area contributed by atoms with E-state index in [4.69, 9.17) is 21.4 Å². The van der Waals surface area contributed by atoms with Gasteiger partial charge >= 0.3 is 0 Å². The Hall–Kier alpha value is -2.65. The maximum atomic E-state index is 12.9. The lowest BCUT2D eigenvalue weighted by molar-refractivity contribution is -0.384.